The smallest absolute Gasteiger partial charge is 0.312 e. The molecule has 0 radical (unpaired) electrons. The molecule has 2 aliphatic rings. The second kappa shape index (κ2) is 6.61. The number of ether oxygens (including phenoxy) is 2. The molecule has 4 N–H and O–H groups in total. The Morgan fingerprint density at radius 1 is 1.35 bits per heavy atom. The van der Waals surface area contributed by atoms with E-state index in [1.807, 2.05) is 11.0 Å². The molecule has 9 heteroatoms. The van der Waals surface area contributed by atoms with Gasteiger partial charge in [-0.2, -0.15) is 4.99 Å². The highest BCUT2D eigenvalue weighted by Crippen LogP contribution is 2.29. The molecule has 1 aromatic carbocycles. The first-order valence-electron chi connectivity index (χ1n) is 7.22. The summed E-state index contributed by atoms with van der Waals surface area (Å²) in [5.41, 5.74) is 7.08. The SMILES string of the molecule is COC1=NC(N2CCOCC2)=NC(c2ccc(N)c(Cl)c2)N1N. The van der Waals surface area contributed by atoms with Crippen molar-refractivity contribution in [1.82, 2.24) is 9.91 Å². The molecule has 0 bridgehead atoms. The number of nitrogens with zero attached hydrogens (tertiary/aromatic N) is 4. The Kier molecular flexibility index (Phi) is 4.56. The van der Waals surface area contributed by atoms with Gasteiger partial charge in [-0.3, -0.25) is 0 Å². The molecule has 0 saturated carbocycles. The largest absolute Gasteiger partial charge is 0.467 e. The fraction of sp³-hybridized carbons (Fsp3) is 0.429. The lowest BCUT2D eigenvalue weighted by Gasteiger charge is -2.34. The highest BCUT2D eigenvalue weighted by molar-refractivity contribution is 6.33. The third-order valence-electron chi connectivity index (χ3n) is 3.72. The van der Waals surface area contributed by atoms with Crippen molar-refractivity contribution < 1.29 is 9.47 Å². The van der Waals surface area contributed by atoms with E-state index in [9.17, 15) is 0 Å². The summed E-state index contributed by atoms with van der Waals surface area (Å²) >= 11 is 6.11. The molecule has 0 aliphatic carbocycles. The van der Waals surface area contributed by atoms with Gasteiger partial charge in [0.2, 0.25) is 5.96 Å². The molecule has 0 spiro atoms. The zero-order valence-corrected chi connectivity index (χ0v) is 13.5. The number of rotatable bonds is 1. The van der Waals surface area contributed by atoms with Crippen molar-refractivity contribution in [3.8, 4) is 0 Å². The number of hydrogen-bond acceptors (Lipinski definition) is 8. The average molecular weight is 339 g/mol. The topological polar surface area (TPSA) is 102 Å². The summed E-state index contributed by atoms with van der Waals surface area (Å²) in [6.45, 7) is 2.72. The Balaban J connectivity index is 1.95. The molecule has 2 aliphatic heterocycles. The molecule has 1 saturated heterocycles. The van der Waals surface area contributed by atoms with Gasteiger partial charge in [-0.1, -0.05) is 17.7 Å². The van der Waals surface area contributed by atoms with Gasteiger partial charge < -0.3 is 20.1 Å². The van der Waals surface area contributed by atoms with Gasteiger partial charge in [0, 0.05) is 13.1 Å². The zero-order chi connectivity index (χ0) is 16.4. The second-order valence-electron chi connectivity index (χ2n) is 5.19. The number of nitrogens with two attached hydrogens (primary N) is 2. The van der Waals surface area contributed by atoms with Gasteiger partial charge in [-0.05, 0) is 17.7 Å². The van der Waals surface area contributed by atoms with E-state index in [2.05, 4.69) is 9.98 Å². The van der Waals surface area contributed by atoms with Crippen LogP contribution in [-0.4, -0.2) is 55.3 Å². The number of hydrogen-bond donors (Lipinski definition) is 2. The molecule has 0 aromatic heterocycles. The number of nitrogen functional groups attached to an aromatic ring is 1. The summed E-state index contributed by atoms with van der Waals surface area (Å²) in [6.07, 6.45) is -0.488. The van der Waals surface area contributed by atoms with E-state index >= 15 is 0 Å². The van der Waals surface area contributed by atoms with E-state index in [0.717, 1.165) is 18.7 Å². The average Bonchev–Trinajstić information content (AvgIpc) is 2.58. The lowest BCUT2D eigenvalue weighted by Crippen LogP contribution is -2.48. The third-order valence-corrected chi connectivity index (χ3v) is 4.04. The van der Waals surface area contributed by atoms with E-state index in [4.69, 9.17) is 32.7 Å². The van der Waals surface area contributed by atoms with Crippen LogP contribution >= 0.6 is 11.6 Å². The predicted octanol–water partition coefficient (Wildman–Crippen LogP) is 0.801. The Morgan fingerprint density at radius 2 is 2.09 bits per heavy atom. The Labute approximate surface area is 139 Å². The molecule has 1 unspecified atom stereocenters. The minimum absolute atomic E-state index is 0.291. The molecule has 1 atom stereocenters. The first-order valence-corrected chi connectivity index (χ1v) is 7.60. The standard InChI is InChI=1S/C14H19ClN6O2/c1-22-14-19-13(20-4-6-23-7-5-20)18-12(21(14)17)9-2-3-11(16)10(15)8-9/h2-3,8,12H,4-7,16-17H2,1H3. The maximum atomic E-state index is 6.11. The van der Waals surface area contributed by atoms with Gasteiger partial charge in [-0.15, -0.1) is 0 Å². The second-order valence-corrected chi connectivity index (χ2v) is 5.60. The van der Waals surface area contributed by atoms with E-state index in [1.165, 1.54) is 12.1 Å². The van der Waals surface area contributed by atoms with Gasteiger partial charge in [0.25, 0.3) is 0 Å². The minimum atomic E-state index is -0.488. The number of morpholine rings is 1. The van der Waals surface area contributed by atoms with Crippen LogP contribution in [0.25, 0.3) is 0 Å². The Bertz CT molecular complexity index is 644. The predicted molar refractivity (Wildman–Crippen MR) is 88.9 cm³/mol. The van der Waals surface area contributed by atoms with Crippen LogP contribution in [-0.2, 0) is 9.47 Å². The Hall–Kier alpha value is -2.03. The number of guanidine groups is 1. The number of amidine groups is 1. The normalized spacial score (nSPS) is 21.8. The van der Waals surface area contributed by atoms with Gasteiger partial charge >= 0.3 is 6.02 Å². The van der Waals surface area contributed by atoms with Gasteiger partial charge in [-0.25, -0.2) is 15.8 Å². The van der Waals surface area contributed by atoms with Crippen molar-refractivity contribution in [2.45, 2.75) is 6.17 Å². The van der Waals surface area contributed by atoms with Crippen LogP contribution in [0.5, 0.6) is 0 Å². The number of aliphatic imine (C=N–C) groups is 2. The minimum Gasteiger partial charge on any atom is -0.467 e. The lowest BCUT2D eigenvalue weighted by atomic mass is 10.1. The molecule has 3 rings (SSSR count). The van der Waals surface area contributed by atoms with E-state index in [0.29, 0.717) is 35.9 Å². The number of benzene rings is 1. The maximum Gasteiger partial charge on any atom is 0.312 e. The lowest BCUT2D eigenvalue weighted by molar-refractivity contribution is 0.0664. The summed E-state index contributed by atoms with van der Waals surface area (Å²) in [5.74, 6) is 6.67. The molecule has 0 amide bonds. The van der Waals surface area contributed by atoms with Gasteiger partial charge in [0.05, 0.1) is 31.0 Å². The first-order chi connectivity index (χ1) is 11.1. The molecule has 1 fully saturated rings. The molecular formula is C14H19ClN6O2. The molecule has 2 heterocycles. The molecule has 124 valence electrons. The van der Waals surface area contributed by atoms with Crippen molar-refractivity contribution in [3.05, 3.63) is 28.8 Å². The van der Waals surface area contributed by atoms with Crippen LogP contribution in [0.2, 0.25) is 5.02 Å². The molecule has 8 nitrogen and oxygen atoms in total. The van der Waals surface area contributed by atoms with E-state index < -0.39 is 6.17 Å². The van der Waals surface area contributed by atoms with Gasteiger partial charge in [0.1, 0.15) is 0 Å². The highest BCUT2D eigenvalue weighted by atomic mass is 35.5. The summed E-state index contributed by atoms with van der Waals surface area (Å²) < 4.78 is 10.6. The van der Waals surface area contributed by atoms with Crippen molar-refractivity contribution in [3.63, 3.8) is 0 Å². The van der Waals surface area contributed by atoms with Crippen molar-refractivity contribution >= 4 is 29.3 Å². The summed E-state index contributed by atoms with van der Waals surface area (Å²) in [4.78, 5) is 11.1. The first kappa shape index (κ1) is 15.9. The van der Waals surface area contributed by atoms with Crippen LogP contribution in [0.1, 0.15) is 11.7 Å². The molecule has 1 aromatic rings. The number of halogens is 1. The van der Waals surface area contributed by atoms with Crippen molar-refractivity contribution in [2.24, 2.45) is 15.8 Å². The molecule has 23 heavy (non-hydrogen) atoms. The quantitative estimate of drug-likeness (QED) is 0.580. The van der Waals surface area contributed by atoms with Gasteiger partial charge in [0.15, 0.2) is 6.17 Å². The maximum absolute atomic E-state index is 6.11. The summed E-state index contributed by atoms with van der Waals surface area (Å²) in [7, 11) is 1.52. The molecular weight excluding hydrogens is 320 g/mol. The van der Waals surface area contributed by atoms with E-state index in [1.54, 1.807) is 12.1 Å². The van der Waals surface area contributed by atoms with Crippen LogP contribution in [0.15, 0.2) is 28.2 Å². The summed E-state index contributed by atoms with van der Waals surface area (Å²) in [5, 5.41) is 1.83. The van der Waals surface area contributed by atoms with E-state index in [-0.39, 0.29) is 0 Å². The van der Waals surface area contributed by atoms with Crippen LogP contribution < -0.4 is 11.6 Å². The third kappa shape index (κ3) is 3.19. The fourth-order valence-corrected chi connectivity index (χ4v) is 2.64. The van der Waals surface area contributed by atoms with Crippen molar-refractivity contribution in [2.75, 3.05) is 39.1 Å². The fourth-order valence-electron chi connectivity index (χ4n) is 2.45. The summed E-state index contributed by atoms with van der Waals surface area (Å²) in [6, 6.07) is 5.61. The van der Waals surface area contributed by atoms with Crippen LogP contribution in [0.4, 0.5) is 5.69 Å². The number of hydrazine groups is 1. The highest BCUT2D eigenvalue weighted by Gasteiger charge is 2.29. The van der Waals surface area contributed by atoms with Crippen LogP contribution in [0, 0.1) is 0 Å². The Morgan fingerprint density at radius 3 is 2.74 bits per heavy atom. The van der Waals surface area contributed by atoms with Crippen molar-refractivity contribution in [1.29, 1.82) is 0 Å². The zero-order valence-electron chi connectivity index (χ0n) is 12.8. The van der Waals surface area contributed by atoms with Crippen LogP contribution in [0.3, 0.4) is 0 Å². The number of methoxy groups -OCH3 is 1. The number of anilines is 1. The monoisotopic (exact) mass is 338 g/mol.